The third kappa shape index (κ3) is 2.15. The van der Waals surface area contributed by atoms with Gasteiger partial charge in [-0.15, -0.1) is 0 Å². The highest BCUT2D eigenvalue weighted by atomic mass is 16.5. The van der Waals surface area contributed by atoms with E-state index >= 15 is 0 Å². The summed E-state index contributed by atoms with van der Waals surface area (Å²) in [4.78, 5) is 12.2. The highest BCUT2D eigenvalue weighted by Crippen LogP contribution is 2.39. The van der Waals surface area contributed by atoms with E-state index in [2.05, 4.69) is 5.32 Å². The number of benzene rings is 1. The topological polar surface area (TPSA) is 82.4 Å². The van der Waals surface area contributed by atoms with Gasteiger partial charge in [-0.25, -0.2) is 0 Å². The van der Waals surface area contributed by atoms with E-state index in [-0.39, 0.29) is 35.5 Å². The Morgan fingerprint density at radius 2 is 2.32 bits per heavy atom. The van der Waals surface area contributed by atoms with Crippen LogP contribution < -0.4 is 5.32 Å². The van der Waals surface area contributed by atoms with Gasteiger partial charge in [-0.1, -0.05) is 0 Å². The van der Waals surface area contributed by atoms with Crippen molar-refractivity contribution in [3.05, 3.63) is 23.8 Å². The van der Waals surface area contributed by atoms with Gasteiger partial charge in [-0.2, -0.15) is 5.26 Å². The van der Waals surface area contributed by atoms with Crippen LogP contribution in [-0.2, 0) is 9.53 Å². The average Bonchev–Trinajstić information content (AvgIpc) is 3.03. The summed E-state index contributed by atoms with van der Waals surface area (Å²) in [5.74, 6) is -0.321. The lowest BCUT2D eigenvalue weighted by Crippen LogP contribution is -2.30. The van der Waals surface area contributed by atoms with E-state index in [1.165, 1.54) is 18.2 Å². The maximum atomic E-state index is 12.2. The molecule has 5 heteroatoms. The molecule has 2 bridgehead atoms. The van der Waals surface area contributed by atoms with Gasteiger partial charge in [0.2, 0.25) is 5.91 Å². The van der Waals surface area contributed by atoms with Crippen LogP contribution in [0.25, 0.3) is 0 Å². The van der Waals surface area contributed by atoms with E-state index in [1.807, 2.05) is 6.07 Å². The van der Waals surface area contributed by atoms with Crippen molar-refractivity contribution in [2.45, 2.75) is 31.5 Å². The summed E-state index contributed by atoms with van der Waals surface area (Å²) in [5.41, 5.74) is 0.684. The van der Waals surface area contributed by atoms with Crippen molar-refractivity contribution in [2.75, 3.05) is 5.32 Å². The largest absolute Gasteiger partial charge is 0.506 e. The van der Waals surface area contributed by atoms with Gasteiger partial charge in [0.05, 0.1) is 35.4 Å². The first-order chi connectivity index (χ1) is 9.17. The molecule has 1 aromatic carbocycles. The molecule has 5 nitrogen and oxygen atoms in total. The molecule has 98 valence electrons. The lowest BCUT2D eigenvalue weighted by atomic mass is 9.88. The van der Waals surface area contributed by atoms with E-state index in [9.17, 15) is 9.90 Å². The zero-order chi connectivity index (χ0) is 13.4. The van der Waals surface area contributed by atoms with Gasteiger partial charge in [0, 0.05) is 0 Å². The Balaban J connectivity index is 1.75. The summed E-state index contributed by atoms with van der Waals surface area (Å²) >= 11 is 0. The number of hydrogen-bond donors (Lipinski definition) is 2. The third-order valence-corrected chi connectivity index (χ3v) is 3.83. The van der Waals surface area contributed by atoms with Crippen LogP contribution in [0.5, 0.6) is 5.75 Å². The summed E-state index contributed by atoms with van der Waals surface area (Å²) in [6.07, 6.45) is 2.91. The minimum Gasteiger partial charge on any atom is -0.506 e. The van der Waals surface area contributed by atoms with E-state index < -0.39 is 0 Å². The van der Waals surface area contributed by atoms with Crippen molar-refractivity contribution in [3.8, 4) is 11.8 Å². The molecule has 1 aromatic rings. The highest BCUT2D eigenvalue weighted by molar-refractivity contribution is 5.94. The second kappa shape index (κ2) is 4.56. The fraction of sp³-hybridized carbons (Fsp3) is 0.429. The normalized spacial score (nSPS) is 28.1. The number of carbonyl (C=O) groups excluding carboxylic acids is 1. The van der Waals surface area contributed by atoms with Gasteiger partial charge >= 0.3 is 0 Å². The van der Waals surface area contributed by atoms with E-state index in [0.29, 0.717) is 5.56 Å². The number of nitrogens with zero attached hydrogens (tertiary/aromatic N) is 1. The molecule has 0 aliphatic carbocycles. The quantitative estimate of drug-likeness (QED) is 0.792. The number of anilines is 1. The lowest BCUT2D eigenvalue weighted by Gasteiger charge is -2.18. The number of amides is 1. The molecule has 0 spiro atoms. The molecular weight excluding hydrogens is 244 g/mol. The Morgan fingerprint density at radius 1 is 1.47 bits per heavy atom. The van der Waals surface area contributed by atoms with Gasteiger partial charge in [-0.05, 0) is 37.5 Å². The molecule has 0 radical (unpaired) electrons. The van der Waals surface area contributed by atoms with Gasteiger partial charge < -0.3 is 15.2 Å². The molecule has 2 aliphatic rings. The zero-order valence-electron chi connectivity index (χ0n) is 10.3. The molecule has 2 aliphatic heterocycles. The number of rotatable bonds is 2. The molecule has 3 atom stereocenters. The minimum atomic E-state index is -0.149. The number of ether oxygens (including phenoxy) is 1. The third-order valence-electron chi connectivity index (χ3n) is 3.83. The predicted molar refractivity (Wildman–Crippen MR) is 67.5 cm³/mol. The molecular formula is C14H14N2O3. The summed E-state index contributed by atoms with van der Waals surface area (Å²) < 4.78 is 5.64. The second-order valence-corrected chi connectivity index (χ2v) is 5.05. The molecule has 0 saturated carbocycles. The Bertz CT molecular complexity index is 564. The zero-order valence-corrected chi connectivity index (χ0v) is 10.3. The highest BCUT2D eigenvalue weighted by Gasteiger charge is 2.44. The maximum Gasteiger partial charge on any atom is 0.230 e. The number of aromatic hydroxyl groups is 1. The standard InChI is InChI=1S/C14H14N2O3/c15-7-8-1-3-12(17)11(5-8)16-14(18)10-6-9-2-4-13(10)19-9/h1,3,5,9-10,13,17H,2,4,6H2,(H,16,18)/t9-,10+,13-/m0/s1. The molecule has 2 N–H and O–H groups in total. The number of hydrogen-bond acceptors (Lipinski definition) is 4. The minimum absolute atomic E-state index is 0.00583. The smallest absolute Gasteiger partial charge is 0.230 e. The van der Waals surface area contributed by atoms with Gasteiger partial charge in [0.15, 0.2) is 0 Å². The Labute approximate surface area is 110 Å². The van der Waals surface area contributed by atoms with Crippen LogP contribution in [0.3, 0.4) is 0 Å². The van der Waals surface area contributed by atoms with Crippen LogP contribution in [0.15, 0.2) is 18.2 Å². The Kier molecular flexibility index (Phi) is 2.88. The van der Waals surface area contributed by atoms with Crippen LogP contribution in [0.2, 0.25) is 0 Å². The molecule has 2 heterocycles. The van der Waals surface area contributed by atoms with Crippen molar-refractivity contribution < 1.29 is 14.6 Å². The first-order valence-corrected chi connectivity index (χ1v) is 6.37. The van der Waals surface area contributed by atoms with Crippen LogP contribution in [0, 0.1) is 17.2 Å². The SMILES string of the molecule is N#Cc1ccc(O)c(NC(=O)[C@@H]2C[C@@H]3CC[C@@H]2O3)c1. The van der Waals surface area contributed by atoms with Gasteiger partial charge in [0.1, 0.15) is 5.75 Å². The van der Waals surface area contributed by atoms with Gasteiger partial charge in [0.25, 0.3) is 0 Å². The average molecular weight is 258 g/mol. The Morgan fingerprint density at radius 3 is 2.95 bits per heavy atom. The number of fused-ring (bicyclic) bond motifs is 2. The fourth-order valence-corrected chi connectivity index (χ4v) is 2.84. The number of phenolic OH excluding ortho intramolecular Hbond substituents is 1. The van der Waals surface area contributed by atoms with Crippen LogP contribution in [-0.4, -0.2) is 23.2 Å². The lowest BCUT2D eigenvalue weighted by molar-refractivity contribution is -0.121. The monoisotopic (exact) mass is 258 g/mol. The summed E-state index contributed by atoms with van der Waals surface area (Å²) in [6.45, 7) is 0. The number of phenols is 1. The van der Waals surface area contributed by atoms with E-state index in [0.717, 1.165) is 19.3 Å². The van der Waals surface area contributed by atoms with E-state index in [1.54, 1.807) is 0 Å². The first-order valence-electron chi connectivity index (χ1n) is 6.37. The predicted octanol–water partition coefficient (Wildman–Crippen LogP) is 1.77. The van der Waals surface area contributed by atoms with E-state index in [4.69, 9.17) is 10.00 Å². The number of nitriles is 1. The van der Waals surface area contributed by atoms with Gasteiger partial charge in [-0.3, -0.25) is 4.79 Å². The molecule has 2 fully saturated rings. The van der Waals surface area contributed by atoms with Crippen molar-refractivity contribution in [2.24, 2.45) is 5.92 Å². The molecule has 3 rings (SSSR count). The second-order valence-electron chi connectivity index (χ2n) is 5.05. The summed E-state index contributed by atoms with van der Waals surface area (Å²) in [7, 11) is 0. The van der Waals surface area contributed by atoms with Crippen LogP contribution >= 0.6 is 0 Å². The first kappa shape index (κ1) is 12.0. The van der Waals surface area contributed by atoms with Crippen molar-refractivity contribution >= 4 is 11.6 Å². The summed E-state index contributed by atoms with van der Waals surface area (Å²) in [6, 6.07) is 6.36. The molecule has 2 saturated heterocycles. The molecule has 1 amide bonds. The summed E-state index contributed by atoms with van der Waals surface area (Å²) in [5, 5.41) is 21.2. The van der Waals surface area contributed by atoms with Crippen molar-refractivity contribution in [1.29, 1.82) is 5.26 Å². The van der Waals surface area contributed by atoms with Crippen molar-refractivity contribution in [3.63, 3.8) is 0 Å². The van der Waals surface area contributed by atoms with Crippen LogP contribution in [0.4, 0.5) is 5.69 Å². The van der Waals surface area contributed by atoms with Crippen LogP contribution in [0.1, 0.15) is 24.8 Å². The molecule has 0 unspecified atom stereocenters. The molecule has 19 heavy (non-hydrogen) atoms. The number of nitrogens with one attached hydrogen (secondary N) is 1. The fourth-order valence-electron chi connectivity index (χ4n) is 2.84. The maximum absolute atomic E-state index is 12.2. The Hall–Kier alpha value is -2.06. The molecule has 0 aromatic heterocycles. The number of carbonyl (C=O) groups is 1. The van der Waals surface area contributed by atoms with Crippen molar-refractivity contribution in [1.82, 2.24) is 0 Å².